The van der Waals surface area contributed by atoms with Gasteiger partial charge in [-0.1, -0.05) is 41.6 Å². The molecule has 0 aliphatic carbocycles. The van der Waals surface area contributed by atoms with Crippen molar-refractivity contribution < 1.29 is 9.53 Å². The Hall–Kier alpha value is -2.31. The number of thioether (sulfide) groups is 1. The Morgan fingerprint density at radius 3 is 2.69 bits per heavy atom. The van der Waals surface area contributed by atoms with Crippen LogP contribution in [-0.4, -0.2) is 34.4 Å². The molecule has 0 fully saturated rings. The minimum atomic E-state index is -0.269. The molecule has 2 aromatic carbocycles. The number of ether oxygens (including phenoxy) is 1. The molecule has 0 aliphatic rings. The predicted molar refractivity (Wildman–Crippen MR) is 107 cm³/mol. The van der Waals surface area contributed by atoms with Crippen LogP contribution in [-0.2, 0) is 16.1 Å². The second kappa shape index (κ2) is 8.38. The van der Waals surface area contributed by atoms with E-state index in [0.29, 0.717) is 13.2 Å². The van der Waals surface area contributed by atoms with Gasteiger partial charge in [-0.25, -0.2) is 4.98 Å². The Morgan fingerprint density at radius 1 is 1.23 bits per heavy atom. The van der Waals surface area contributed by atoms with Gasteiger partial charge < -0.3 is 14.6 Å². The number of nitrogens with one attached hydrogen (secondary N) is 1. The van der Waals surface area contributed by atoms with E-state index in [2.05, 4.69) is 9.88 Å². The number of benzene rings is 2. The zero-order valence-electron chi connectivity index (χ0n) is 15.2. The number of aromatic nitrogens is 2. The van der Waals surface area contributed by atoms with Crippen LogP contribution in [0.1, 0.15) is 12.5 Å². The second-order valence-corrected chi connectivity index (χ2v) is 7.45. The van der Waals surface area contributed by atoms with Crippen molar-refractivity contribution in [3.8, 4) is 0 Å². The van der Waals surface area contributed by atoms with Crippen molar-refractivity contribution in [3.05, 3.63) is 54.1 Å². The molecule has 1 N–H and O–H groups in total. The number of amides is 1. The maximum Gasteiger partial charge on any atom is 0.237 e. The Bertz CT molecular complexity index is 890. The predicted octanol–water partition coefficient (Wildman–Crippen LogP) is 4.11. The summed E-state index contributed by atoms with van der Waals surface area (Å²) in [5.74, 6) is -0.0378. The Kier molecular flexibility index (Phi) is 5.96. The van der Waals surface area contributed by atoms with Crippen LogP contribution in [0.15, 0.2) is 53.7 Å². The van der Waals surface area contributed by atoms with Gasteiger partial charge in [-0.3, -0.25) is 4.79 Å². The van der Waals surface area contributed by atoms with E-state index in [1.807, 2.05) is 62.4 Å². The van der Waals surface area contributed by atoms with Crippen molar-refractivity contribution in [2.45, 2.75) is 30.8 Å². The lowest BCUT2D eigenvalue weighted by molar-refractivity contribution is -0.115. The number of imidazole rings is 1. The first-order chi connectivity index (χ1) is 12.6. The number of carbonyl (C=O) groups excluding carboxylic acids is 1. The highest BCUT2D eigenvalue weighted by Crippen LogP contribution is 2.28. The van der Waals surface area contributed by atoms with Crippen LogP contribution in [0.4, 0.5) is 5.69 Å². The third-order valence-corrected chi connectivity index (χ3v) is 5.20. The van der Waals surface area contributed by atoms with Gasteiger partial charge in [0.1, 0.15) is 0 Å². The van der Waals surface area contributed by atoms with E-state index in [0.717, 1.165) is 27.4 Å². The fourth-order valence-electron chi connectivity index (χ4n) is 2.63. The van der Waals surface area contributed by atoms with Crippen LogP contribution < -0.4 is 5.32 Å². The molecule has 0 saturated carbocycles. The van der Waals surface area contributed by atoms with Gasteiger partial charge in [-0.2, -0.15) is 0 Å². The minimum absolute atomic E-state index is 0.0378. The highest BCUT2D eigenvalue weighted by Gasteiger charge is 2.19. The first-order valence-corrected chi connectivity index (χ1v) is 9.45. The number of hydrogen-bond acceptors (Lipinski definition) is 4. The average molecular weight is 369 g/mol. The van der Waals surface area contributed by atoms with Gasteiger partial charge in [0.25, 0.3) is 0 Å². The molecule has 1 atom stereocenters. The van der Waals surface area contributed by atoms with Crippen molar-refractivity contribution in [1.29, 1.82) is 0 Å². The molecule has 6 heteroatoms. The summed E-state index contributed by atoms with van der Waals surface area (Å²) in [6.45, 7) is 5.21. The first-order valence-electron chi connectivity index (χ1n) is 8.57. The van der Waals surface area contributed by atoms with Crippen LogP contribution in [0.25, 0.3) is 11.0 Å². The third kappa shape index (κ3) is 4.26. The summed E-state index contributed by atoms with van der Waals surface area (Å²) in [5.41, 5.74) is 3.95. The maximum atomic E-state index is 12.5. The SMILES string of the molecule is COCCn1c(S[C@H](C)C(=O)Nc2ccc(C)cc2)nc2ccccc21. The van der Waals surface area contributed by atoms with Crippen molar-refractivity contribution in [2.75, 3.05) is 19.0 Å². The highest BCUT2D eigenvalue weighted by molar-refractivity contribution is 8.00. The van der Waals surface area contributed by atoms with Gasteiger partial charge in [-0.15, -0.1) is 0 Å². The number of anilines is 1. The van der Waals surface area contributed by atoms with Gasteiger partial charge in [0.05, 0.1) is 22.9 Å². The summed E-state index contributed by atoms with van der Waals surface area (Å²) in [7, 11) is 1.68. The lowest BCUT2D eigenvalue weighted by Gasteiger charge is -2.13. The second-order valence-electron chi connectivity index (χ2n) is 6.14. The summed E-state index contributed by atoms with van der Waals surface area (Å²) < 4.78 is 7.33. The molecule has 3 aromatic rings. The lowest BCUT2D eigenvalue weighted by atomic mass is 10.2. The van der Waals surface area contributed by atoms with Gasteiger partial charge in [-0.05, 0) is 38.1 Å². The molecule has 0 bridgehead atoms. The molecule has 0 radical (unpaired) electrons. The normalized spacial score (nSPS) is 12.3. The summed E-state index contributed by atoms with van der Waals surface area (Å²) in [6.07, 6.45) is 0. The van der Waals surface area contributed by atoms with E-state index < -0.39 is 0 Å². The van der Waals surface area contributed by atoms with Gasteiger partial charge in [0, 0.05) is 19.3 Å². The van der Waals surface area contributed by atoms with E-state index in [1.54, 1.807) is 7.11 Å². The van der Waals surface area contributed by atoms with Crippen molar-refractivity contribution in [2.24, 2.45) is 0 Å². The monoisotopic (exact) mass is 369 g/mol. The van der Waals surface area contributed by atoms with E-state index in [-0.39, 0.29) is 11.2 Å². The molecule has 136 valence electrons. The van der Waals surface area contributed by atoms with E-state index in [1.165, 1.54) is 11.8 Å². The number of para-hydroxylation sites is 2. The fraction of sp³-hybridized carbons (Fsp3) is 0.300. The Balaban J connectivity index is 1.76. The molecule has 1 heterocycles. The van der Waals surface area contributed by atoms with Crippen molar-refractivity contribution >= 4 is 34.4 Å². The number of hydrogen-bond donors (Lipinski definition) is 1. The van der Waals surface area contributed by atoms with Crippen LogP contribution in [0.5, 0.6) is 0 Å². The summed E-state index contributed by atoms with van der Waals surface area (Å²) in [4.78, 5) is 17.2. The van der Waals surface area contributed by atoms with Gasteiger partial charge in [0.15, 0.2) is 5.16 Å². The number of rotatable bonds is 7. The smallest absolute Gasteiger partial charge is 0.237 e. The largest absolute Gasteiger partial charge is 0.383 e. The molecule has 0 saturated heterocycles. The maximum absolute atomic E-state index is 12.5. The van der Waals surface area contributed by atoms with Crippen molar-refractivity contribution in [1.82, 2.24) is 9.55 Å². The molecule has 26 heavy (non-hydrogen) atoms. The van der Waals surface area contributed by atoms with E-state index in [9.17, 15) is 4.79 Å². The van der Waals surface area contributed by atoms with E-state index >= 15 is 0 Å². The molecular weight excluding hydrogens is 346 g/mol. The third-order valence-electron chi connectivity index (χ3n) is 4.11. The molecule has 0 unspecified atom stereocenters. The zero-order valence-corrected chi connectivity index (χ0v) is 16.0. The molecule has 1 aromatic heterocycles. The lowest BCUT2D eigenvalue weighted by Crippen LogP contribution is -2.23. The molecule has 0 aliphatic heterocycles. The quantitative estimate of drug-likeness (QED) is 0.637. The standard InChI is InChI=1S/C20H23N3O2S/c1-14-8-10-16(11-9-14)21-19(24)15(2)26-20-22-17-6-4-5-7-18(17)23(20)12-13-25-3/h4-11,15H,12-13H2,1-3H3,(H,21,24)/t15-/m1/s1. The molecule has 1 amide bonds. The molecule has 3 rings (SSSR count). The average Bonchev–Trinajstić information content (AvgIpc) is 2.98. The summed E-state index contributed by atoms with van der Waals surface area (Å²) in [6, 6.07) is 15.8. The number of fused-ring (bicyclic) bond motifs is 1. The molecule has 0 spiro atoms. The van der Waals surface area contributed by atoms with Gasteiger partial charge >= 0.3 is 0 Å². The van der Waals surface area contributed by atoms with Crippen LogP contribution in [0.3, 0.4) is 0 Å². The highest BCUT2D eigenvalue weighted by atomic mass is 32.2. The minimum Gasteiger partial charge on any atom is -0.383 e. The molecular formula is C20H23N3O2S. The first kappa shape index (κ1) is 18.5. The fourth-order valence-corrected chi connectivity index (χ4v) is 3.58. The molecule has 5 nitrogen and oxygen atoms in total. The Labute approximate surface area is 157 Å². The van der Waals surface area contributed by atoms with Gasteiger partial charge in [0.2, 0.25) is 5.91 Å². The number of carbonyl (C=O) groups is 1. The van der Waals surface area contributed by atoms with Crippen molar-refractivity contribution in [3.63, 3.8) is 0 Å². The van der Waals surface area contributed by atoms with Crippen LogP contribution in [0.2, 0.25) is 0 Å². The van der Waals surface area contributed by atoms with Crippen LogP contribution >= 0.6 is 11.8 Å². The van der Waals surface area contributed by atoms with E-state index in [4.69, 9.17) is 9.72 Å². The Morgan fingerprint density at radius 2 is 1.96 bits per heavy atom. The van der Waals surface area contributed by atoms with Crippen LogP contribution in [0, 0.1) is 6.92 Å². The zero-order chi connectivity index (χ0) is 18.5. The number of aryl methyl sites for hydroxylation is 1. The topological polar surface area (TPSA) is 56.1 Å². The summed E-state index contributed by atoms with van der Waals surface area (Å²) >= 11 is 1.46. The number of methoxy groups -OCH3 is 1. The number of nitrogens with zero attached hydrogens (tertiary/aromatic N) is 2. The summed E-state index contributed by atoms with van der Waals surface area (Å²) in [5, 5.41) is 3.52.